The zero-order chi connectivity index (χ0) is 14.5. The third-order valence-corrected chi connectivity index (χ3v) is 3.69. The van der Waals surface area contributed by atoms with Gasteiger partial charge in [0, 0.05) is 5.69 Å². The quantitative estimate of drug-likeness (QED) is 0.685. The average molecular weight is 282 g/mol. The van der Waals surface area contributed by atoms with Crippen LogP contribution in [-0.2, 0) is 4.79 Å². The number of rotatable bonds is 3. The van der Waals surface area contributed by atoms with Gasteiger partial charge in [0.15, 0.2) is 0 Å². The molecule has 0 unspecified atom stereocenters. The second-order valence-electron chi connectivity index (χ2n) is 4.48. The first-order chi connectivity index (χ1) is 9.60. The summed E-state index contributed by atoms with van der Waals surface area (Å²) in [7, 11) is 0. The molecule has 0 aliphatic carbocycles. The number of carbonyl (C=O) groups is 1. The minimum absolute atomic E-state index is 0.0987. The fourth-order valence-corrected chi connectivity index (χ4v) is 2.31. The van der Waals surface area contributed by atoms with Gasteiger partial charge in [-0.1, -0.05) is 6.07 Å². The van der Waals surface area contributed by atoms with Crippen molar-refractivity contribution in [3.05, 3.63) is 57.3 Å². The van der Waals surface area contributed by atoms with Gasteiger partial charge in [-0.15, -0.1) is 0 Å². The molecule has 4 heteroatoms. The summed E-state index contributed by atoms with van der Waals surface area (Å²) in [6.45, 7) is 4.00. The predicted molar refractivity (Wildman–Crippen MR) is 82.5 cm³/mol. The van der Waals surface area contributed by atoms with E-state index in [0.29, 0.717) is 5.69 Å². The Labute approximate surface area is 122 Å². The molecule has 2 rings (SSSR count). The van der Waals surface area contributed by atoms with Gasteiger partial charge in [0.05, 0.1) is 0 Å². The van der Waals surface area contributed by atoms with Crippen LogP contribution in [0.25, 0.3) is 6.08 Å². The number of nitrogens with one attached hydrogen (secondary N) is 1. The van der Waals surface area contributed by atoms with Gasteiger partial charge in [-0.3, -0.25) is 4.79 Å². The van der Waals surface area contributed by atoms with E-state index in [1.165, 1.54) is 11.3 Å². The molecule has 1 amide bonds. The van der Waals surface area contributed by atoms with E-state index in [2.05, 4.69) is 5.32 Å². The van der Waals surface area contributed by atoms with Crippen molar-refractivity contribution in [1.82, 2.24) is 0 Å². The maximum Gasteiger partial charge on any atom is 0.266 e. The van der Waals surface area contributed by atoms with Gasteiger partial charge < -0.3 is 5.32 Å². The van der Waals surface area contributed by atoms with Crippen LogP contribution >= 0.6 is 11.3 Å². The van der Waals surface area contributed by atoms with Crippen molar-refractivity contribution in [3.8, 4) is 6.07 Å². The molecule has 0 aliphatic rings. The number of nitrogens with zero attached hydrogens (tertiary/aromatic N) is 1. The summed E-state index contributed by atoms with van der Waals surface area (Å²) in [5.41, 5.74) is 3.92. The Balaban J connectivity index is 2.18. The number of anilines is 1. The van der Waals surface area contributed by atoms with Gasteiger partial charge in [0.1, 0.15) is 11.6 Å². The Morgan fingerprint density at radius 1 is 1.30 bits per heavy atom. The van der Waals surface area contributed by atoms with Crippen LogP contribution < -0.4 is 5.32 Å². The molecular weight excluding hydrogens is 268 g/mol. The molecule has 1 aromatic heterocycles. The minimum atomic E-state index is -0.387. The molecule has 0 fully saturated rings. The third kappa shape index (κ3) is 3.34. The van der Waals surface area contributed by atoms with Gasteiger partial charge in [-0.25, -0.2) is 0 Å². The van der Waals surface area contributed by atoms with E-state index >= 15 is 0 Å². The van der Waals surface area contributed by atoms with E-state index in [0.717, 1.165) is 16.7 Å². The summed E-state index contributed by atoms with van der Waals surface area (Å²) in [6.07, 6.45) is 1.59. The van der Waals surface area contributed by atoms with Crippen LogP contribution in [-0.4, -0.2) is 5.91 Å². The molecule has 2 aromatic rings. The molecule has 0 bridgehead atoms. The molecule has 1 aromatic carbocycles. The topological polar surface area (TPSA) is 52.9 Å². The summed E-state index contributed by atoms with van der Waals surface area (Å²) >= 11 is 1.53. The third-order valence-electron chi connectivity index (χ3n) is 2.98. The lowest BCUT2D eigenvalue weighted by Crippen LogP contribution is -2.13. The maximum atomic E-state index is 12.1. The first kappa shape index (κ1) is 14.0. The second kappa shape index (κ2) is 6.18. The molecule has 1 N–H and O–H groups in total. The summed E-state index contributed by atoms with van der Waals surface area (Å²) in [4.78, 5) is 12.1. The lowest BCUT2D eigenvalue weighted by molar-refractivity contribution is -0.112. The van der Waals surface area contributed by atoms with Gasteiger partial charge >= 0.3 is 0 Å². The molecule has 0 saturated heterocycles. The smallest absolute Gasteiger partial charge is 0.266 e. The van der Waals surface area contributed by atoms with E-state index in [4.69, 9.17) is 5.26 Å². The number of amides is 1. The van der Waals surface area contributed by atoms with Gasteiger partial charge in [0.25, 0.3) is 5.91 Å². The second-order valence-corrected chi connectivity index (χ2v) is 5.26. The van der Waals surface area contributed by atoms with Crippen LogP contribution in [0.4, 0.5) is 5.69 Å². The highest BCUT2D eigenvalue weighted by Gasteiger charge is 2.10. The van der Waals surface area contributed by atoms with Crippen molar-refractivity contribution in [3.63, 3.8) is 0 Å². The average Bonchev–Trinajstić information content (AvgIpc) is 2.93. The number of aryl methyl sites for hydroxylation is 2. The zero-order valence-electron chi connectivity index (χ0n) is 11.3. The Kier molecular flexibility index (Phi) is 4.34. The predicted octanol–water partition coefficient (Wildman–Crippen LogP) is 3.91. The summed E-state index contributed by atoms with van der Waals surface area (Å²) in [5.74, 6) is -0.387. The fraction of sp³-hybridized carbons (Fsp3) is 0.125. The number of thiophene rings is 1. The molecular formula is C16H14N2OS. The highest BCUT2D eigenvalue weighted by atomic mass is 32.1. The molecule has 20 heavy (non-hydrogen) atoms. The molecule has 0 atom stereocenters. The Hall–Kier alpha value is -2.38. The van der Waals surface area contributed by atoms with Crippen molar-refractivity contribution in [2.45, 2.75) is 13.8 Å². The normalized spacial score (nSPS) is 10.9. The summed E-state index contributed by atoms with van der Waals surface area (Å²) in [5, 5.41) is 15.6. The Morgan fingerprint density at radius 3 is 2.70 bits per heavy atom. The number of benzene rings is 1. The molecule has 0 aliphatic heterocycles. The van der Waals surface area contributed by atoms with Crippen LogP contribution in [0.5, 0.6) is 0 Å². The number of carbonyl (C=O) groups excluding carboxylic acids is 1. The van der Waals surface area contributed by atoms with Crippen LogP contribution in [0, 0.1) is 25.2 Å². The fourth-order valence-electron chi connectivity index (χ4n) is 1.69. The summed E-state index contributed by atoms with van der Waals surface area (Å²) in [6, 6.07) is 9.48. The molecule has 1 heterocycles. The molecule has 0 radical (unpaired) electrons. The minimum Gasteiger partial charge on any atom is -0.321 e. The molecule has 0 spiro atoms. The first-order valence-corrected chi connectivity index (χ1v) is 7.07. The van der Waals surface area contributed by atoms with E-state index in [-0.39, 0.29) is 11.5 Å². The van der Waals surface area contributed by atoms with Crippen LogP contribution in [0.3, 0.4) is 0 Å². The monoisotopic (exact) mass is 282 g/mol. The van der Waals surface area contributed by atoms with Crippen molar-refractivity contribution >= 4 is 29.0 Å². The van der Waals surface area contributed by atoms with Gasteiger partial charge in [-0.2, -0.15) is 16.6 Å². The highest BCUT2D eigenvalue weighted by Crippen LogP contribution is 2.16. The number of hydrogen-bond acceptors (Lipinski definition) is 3. The highest BCUT2D eigenvalue weighted by molar-refractivity contribution is 7.08. The van der Waals surface area contributed by atoms with E-state index in [1.807, 2.05) is 54.9 Å². The zero-order valence-corrected chi connectivity index (χ0v) is 12.1. The van der Waals surface area contributed by atoms with Crippen LogP contribution in [0.1, 0.15) is 16.7 Å². The van der Waals surface area contributed by atoms with Crippen LogP contribution in [0.15, 0.2) is 40.6 Å². The van der Waals surface area contributed by atoms with Crippen molar-refractivity contribution in [2.75, 3.05) is 5.32 Å². The lowest BCUT2D eigenvalue weighted by atomic mass is 10.1. The lowest BCUT2D eigenvalue weighted by Gasteiger charge is -2.06. The number of nitriles is 1. The maximum absolute atomic E-state index is 12.1. The Morgan fingerprint density at radius 2 is 2.10 bits per heavy atom. The largest absolute Gasteiger partial charge is 0.321 e. The Bertz CT molecular complexity index is 694. The van der Waals surface area contributed by atoms with Crippen molar-refractivity contribution < 1.29 is 4.79 Å². The van der Waals surface area contributed by atoms with E-state index < -0.39 is 0 Å². The van der Waals surface area contributed by atoms with Gasteiger partial charge in [-0.05, 0) is 65.6 Å². The van der Waals surface area contributed by atoms with Crippen LogP contribution in [0.2, 0.25) is 0 Å². The van der Waals surface area contributed by atoms with E-state index in [1.54, 1.807) is 6.08 Å². The molecule has 100 valence electrons. The first-order valence-electron chi connectivity index (χ1n) is 6.13. The molecule has 0 saturated carbocycles. The molecule has 3 nitrogen and oxygen atoms in total. The van der Waals surface area contributed by atoms with Crippen molar-refractivity contribution in [1.29, 1.82) is 5.26 Å². The standard InChI is InChI=1S/C16H14N2OS/c1-11-3-4-15(7-12(11)2)18-16(19)14(9-17)8-13-5-6-20-10-13/h3-8,10H,1-2H3,(H,18,19)/b14-8+. The summed E-state index contributed by atoms with van der Waals surface area (Å²) < 4.78 is 0. The van der Waals surface area contributed by atoms with Crippen molar-refractivity contribution in [2.24, 2.45) is 0 Å². The SMILES string of the molecule is Cc1ccc(NC(=O)/C(C#N)=C/c2ccsc2)cc1C. The number of hydrogen-bond donors (Lipinski definition) is 1. The van der Waals surface area contributed by atoms with Gasteiger partial charge in [0.2, 0.25) is 0 Å². The van der Waals surface area contributed by atoms with E-state index in [9.17, 15) is 4.79 Å².